The lowest BCUT2D eigenvalue weighted by atomic mass is 9.89. The van der Waals surface area contributed by atoms with Crippen LogP contribution in [0.1, 0.15) is 56.0 Å². The van der Waals surface area contributed by atoms with Gasteiger partial charge in [-0.2, -0.15) is 0 Å². The number of carbonyl (C=O) groups excluding carboxylic acids is 1. The van der Waals surface area contributed by atoms with Gasteiger partial charge in [0, 0.05) is 38.1 Å². The monoisotopic (exact) mass is 317 g/mol. The first-order valence-corrected chi connectivity index (χ1v) is 9.09. The summed E-state index contributed by atoms with van der Waals surface area (Å²) >= 11 is 0. The van der Waals surface area contributed by atoms with E-state index in [1.807, 2.05) is 13.8 Å². The van der Waals surface area contributed by atoms with Crippen molar-refractivity contribution in [2.75, 3.05) is 13.1 Å². The van der Waals surface area contributed by atoms with Crippen LogP contribution in [0.3, 0.4) is 0 Å². The fraction of sp³-hybridized carbons (Fsp3) is 0.824. The van der Waals surface area contributed by atoms with Gasteiger partial charge in [0.2, 0.25) is 5.82 Å². The molecule has 0 spiro atoms. The molecule has 1 aromatic rings. The van der Waals surface area contributed by atoms with Crippen molar-refractivity contribution in [2.45, 2.75) is 64.6 Å². The van der Waals surface area contributed by atoms with Crippen LogP contribution in [0.4, 0.5) is 0 Å². The predicted octanol–water partition coefficient (Wildman–Crippen LogP) is 1.46. The highest BCUT2D eigenvalue weighted by Gasteiger charge is 2.41. The van der Waals surface area contributed by atoms with Gasteiger partial charge in [0.05, 0.1) is 0 Å². The van der Waals surface area contributed by atoms with Crippen molar-refractivity contribution in [2.24, 2.45) is 11.8 Å². The van der Waals surface area contributed by atoms with E-state index in [0.717, 1.165) is 24.8 Å². The standard InChI is InChI=1S/C17H27N5O/c1-11(2)18-17(23)16-20-19-15-7-12-8-21(14-5-3-4-6-14)9-13(12)10-22(15)16/h11-14H,3-10H2,1-2H3,(H,18,23). The summed E-state index contributed by atoms with van der Waals surface area (Å²) in [6, 6.07) is 0.922. The third-order valence-corrected chi connectivity index (χ3v) is 5.76. The number of carbonyl (C=O) groups is 1. The first kappa shape index (κ1) is 15.1. The summed E-state index contributed by atoms with van der Waals surface area (Å²) in [5, 5.41) is 11.4. The van der Waals surface area contributed by atoms with Crippen molar-refractivity contribution in [1.29, 1.82) is 0 Å². The Bertz CT molecular complexity index is 590. The molecule has 0 aromatic carbocycles. The van der Waals surface area contributed by atoms with Crippen molar-refractivity contribution in [3.63, 3.8) is 0 Å². The lowest BCUT2D eigenvalue weighted by molar-refractivity contribution is 0.0924. The Morgan fingerprint density at radius 2 is 1.87 bits per heavy atom. The van der Waals surface area contributed by atoms with E-state index in [1.165, 1.54) is 38.8 Å². The van der Waals surface area contributed by atoms with Crippen LogP contribution >= 0.6 is 0 Å². The van der Waals surface area contributed by atoms with Crippen molar-refractivity contribution in [1.82, 2.24) is 25.0 Å². The normalized spacial score (nSPS) is 28.1. The first-order valence-electron chi connectivity index (χ1n) is 9.09. The molecule has 2 aliphatic heterocycles. The zero-order valence-electron chi connectivity index (χ0n) is 14.2. The molecule has 1 N–H and O–H groups in total. The number of hydrogen-bond acceptors (Lipinski definition) is 4. The topological polar surface area (TPSA) is 63.1 Å². The van der Waals surface area contributed by atoms with E-state index < -0.39 is 0 Å². The van der Waals surface area contributed by atoms with Crippen molar-refractivity contribution >= 4 is 5.91 Å². The van der Waals surface area contributed by atoms with Crippen LogP contribution in [-0.2, 0) is 13.0 Å². The van der Waals surface area contributed by atoms with Gasteiger partial charge in [-0.25, -0.2) is 0 Å². The van der Waals surface area contributed by atoms with E-state index in [2.05, 4.69) is 25.0 Å². The molecule has 2 atom stereocenters. The average molecular weight is 317 g/mol. The molecule has 3 heterocycles. The molecule has 23 heavy (non-hydrogen) atoms. The van der Waals surface area contributed by atoms with Gasteiger partial charge in [-0.3, -0.25) is 9.69 Å². The molecule has 6 heteroatoms. The van der Waals surface area contributed by atoms with E-state index in [9.17, 15) is 4.79 Å². The molecular formula is C17H27N5O. The van der Waals surface area contributed by atoms with Crippen LogP contribution < -0.4 is 5.32 Å². The lowest BCUT2D eigenvalue weighted by Gasteiger charge is -2.25. The third kappa shape index (κ3) is 2.77. The summed E-state index contributed by atoms with van der Waals surface area (Å²) in [5.74, 6) is 2.72. The molecule has 4 rings (SSSR count). The Kier molecular flexibility index (Phi) is 3.87. The maximum absolute atomic E-state index is 12.3. The van der Waals surface area contributed by atoms with Crippen LogP contribution in [-0.4, -0.2) is 50.7 Å². The van der Waals surface area contributed by atoms with E-state index in [4.69, 9.17) is 0 Å². The highest BCUT2D eigenvalue weighted by atomic mass is 16.2. The highest BCUT2D eigenvalue weighted by molar-refractivity contribution is 5.90. The van der Waals surface area contributed by atoms with Crippen LogP contribution in [0.5, 0.6) is 0 Å². The zero-order chi connectivity index (χ0) is 16.0. The molecule has 1 aromatic heterocycles. The summed E-state index contributed by atoms with van der Waals surface area (Å²) in [4.78, 5) is 15.0. The van der Waals surface area contributed by atoms with Gasteiger partial charge < -0.3 is 9.88 Å². The van der Waals surface area contributed by atoms with Crippen LogP contribution in [0.25, 0.3) is 0 Å². The summed E-state index contributed by atoms with van der Waals surface area (Å²) in [6.45, 7) is 7.22. The largest absolute Gasteiger partial charge is 0.347 e. The Labute approximate surface area is 137 Å². The van der Waals surface area contributed by atoms with Gasteiger partial charge in [0.1, 0.15) is 5.82 Å². The second-order valence-electron chi connectivity index (χ2n) is 7.80. The molecule has 1 saturated carbocycles. The van der Waals surface area contributed by atoms with Gasteiger partial charge in [0.15, 0.2) is 0 Å². The molecule has 2 unspecified atom stereocenters. The minimum absolute atomic E-state index is 0.0946. The van der Waals surface area contributed by atoms with Gasteiger partial charge in [-0.1, -0.05) is 12.8 Å². The van der Waals surface area contributed by atoms with Crippen LogP contribution in [0, 0.1) is 11.8 Å². The minimum atomic E-state index is -0.0946. The SMILES string of the molecule is CC(C)NC(=O)c1nnc2n1CC1CN(C3CCCC3)CC1C2. The molecule has 2 fully saturated rings. The molecule has 3 aliphatic rings. The number of nitrogens with zero attached hydrogens (tertiary/aromatic N) is 4. The number of fused-ring (bicyclic) bond motifs is 2. The molecule has 0 bridgehead atoms. The number of amides is 1. The Morgan fingerprint density at radius 3 is 2.61 bits per heavy atom. The highest BCUT2D eigenvalue weighted by Crippen LogP contribution is 2.36. The van der Waals surface area contributed by atoms with Crippen molar-refractivity contribution in [3.05, 3.63) is 11.6 Å². The van der Waals surface area contributed by atoms with E-state index in [-0.39, 0.29) is 11.9 Å². The fourth-order valence-electron chi connectivity index (χ4n) is 4.62. The molecule has 1 aliphatic carbocycles. The Balaban J connectivity index is 1.49. The lowest BCUT2D eigenvalue weighted by Crippen LogP contribution is -2.35. The van der Waals surface area contributed by atoms with Crippen molar-refractivity contribution in [3.8, 4) is 0 Å². The summed E-state index contributed by atoms with van der Waals surface area (Å²) < 4.78 is 2.07. The second kappa shape index (κ2) is 5.89. The van der Waals surface area contributed by atoms with Crippen molar-refractivity contribution < 1.29 is 4.79 Å². The average Bonchev–Trinajstić information content (AvgIpc) is 3.22. The molecular weight excluding hydrogens is 290 g/mol. The predicted molar refractivity (Wildman–Crippen MR) is 87.1 cm³/mol. The molecule has 126 valence electrons. The Hall–Kier alpha value is -1.43. The van der Waals surface area contributed by atoms with E-state index in [1.54, 1.807) is 0 Å². The molecule has 6 nitrogen and oxygen atoms in total. The number of hydrogen-bond donors (Lipinski definition) is 1. The van der Waals surface area contributed by atoms with Crippen LogP contribution in [0.15, 0.2) is 0 Å². The van der Waals surface area contributed by atoms with E-state index >= 15 is 0 Å². The summed E-state index contributed by atoms with van der Waals surface area (Å²) in [7, 11) is 0. The third-order valence-electron chi connectivity index (χ3n) is 5.76. The Morgan fingerprint density at radius 1 is 1.13 bits per heavy atom. The number of nitrogens with one attached hydrogen (secondary N) is 1. The maximum Gasteiger partial charge on any atom is 0.289 e. The molecule has 0 radical (unpaired) electrons. The summed E-state index contributed by atoms with van der Waals surface area (Å²) in [5.41, 5.74) is 0. The first-order chi connectivity index (χ1) is 11.1. The fourth-order valence-corrected chi connectivity index (χ4v) is 4.62. The number of rotatable bonds is 3. The van der Waals surface area contributed by atoms with Gasteiger partial charge in [0.25, 0.3) is 5.91 Å². The van der Waals surface area contributed by atoms with Crippen LogP contribution in [0.2, 0.25) is 0 Å². The number of aromatic nitrogens is 3. The molecule has 1 saturated heterocycles. The maximum atomic E-state index is 12.3. The van der Waals surface area contributed by atoms with Gasteiger partial charge in [-0.15, -0.1) is 10.2 Å². The van der Waals surface area contributed by atoms with Gasteiger partial charge >= 0.3 is 0 Å². The zero-order valence-corrected chi connectivity index (χ0v) is 14.2. The number of likely N-dealkylation sites (tertiary alicyclic amines) is 1. The minimum Gasteiger partial charge on any atom is -0.347 e. The van der Waals surface area contributed by atoms with Gasteiger partial charge in [-0.05, 0) is 38.5 Å². The smallest absolute Gasteiger partial charge is 0.289 e. The van der Waals surface area contributed by atoms with E-state index in [0.29, 0.717) is 17.7 Å². The second-order valence-corrected chi connectivity index (χ2v) is 7.80. The quantitative estimate of drug-likeness (QED) is 0.917. The molecule has 1 amide bonds. The summed E-state index contributed by atoms with van der Waals surface area (Å²) in [6.07, 6.45) is 6.49.